The summed E-state index contributed by atoms with van der Waals surface area (Å²) in [7, 11) is 0. The standard InChI is InChI=1S/C20H22N4O4S/c1-2-27-19(26)7-10-24(13-15-4-3-9-21-12-15)18(25)6-5-17-22-23-20(28-17)16-8-11-29-14-16/h3-4,8-9,11-12,14H,2,5-7,10,13H2,1H3. The number of aromatic nitrogens is 3. The minimum absolute atomic E-state index is 0.103. The normalized spacial score (nSPS) is 10.7. The van der Waals surface area contributed by atoms with Crippen molar-refractivity contribution in [2.45, 2.75) is 32.7 Å². The second-order valence-corrected chi connectivity index (χ2v) is 7.02. The van der Waals surface area contributed by atoms with Crippen molar-refractivity contribution in [2.75, 3.05) is 13.2 Å². The highest BCUT2D eigenvalue weighted by atomic mass is 32.1. The number of carbonyl (C=O) groups excluding carboxylic acids is 2. The molecule has 0 saturated heterocycles. The first-order valence-corrected chi connectivity index (χ1v) is 10.3. The summed E-state index contributed by atoms with van der Waals surface area (Å²) < 4.78 is 10.6. The molecule has 0 bridgehead atoms. The van der Waals surface area contributed by atoms with E-state index in [1.54, 1.807) is 35.6 Å². The zero-order valence-electron chi connectivity index (χ0n) is 16.1. The van der Waals surface area contributed by atoms with Crippen LogP contribution >= 0.6 is 11.3 Å². The Kier molecular flexibility index (Phi) is 7.46. The van der Waals surface area contributed by atoms with Crippen molar-refractivity contribution in [3.05, 3.63) is 52.8 Å². The molecule has 152 valence electrons. The molecular formula is C20H22N4O4S. The summed E-state index contributed by atoms with van der Waals surface area (Å²) in [6, 6.07) is 5.61. The van der Waals surface area contributed by atoms with Crippen molar-refractivity contribution in [3.8, 4) is 11.5 Å². The van der Waals surface area contributed by atoms with E-state index in [2.05, 4.69) is 15.2 Å². The van der Waals surface area contributed by atoms with E-state index in [4.69, 9.17) is 9.15 Å². The van der Waals surface area contributed by atoms with Crippen LogP contribution in [0, 0.1) is 0 Å². The van der Waals surface area contributed by atoms with Crippen LogP contribution in [0.2, 0.25) is 0 Å². The lowest BCUT2D eigenvalue weighted by Crippen LogP contribution is -2.33. The fraction of sp³-hybridized carbons (Fsp3) is 0.350. The average Bonchev–Trinajstić information content (AvgIpc) is 3.42. The molecule has 3 aromatic heterocycles. The molecule has 0 N–H and O–H groups in total. The van der Waals surface area contributed by atoms with Crippen molar-refractivity contribution in [1.82, 2.24) is 20.1 Å². The third-order valence-corrected chi connectivity index (χ3v) is 4.81. The quantitative estimate of drug-likeness (QED) is 0.470. The predicted molar refractivity (Wildman–Crippen MR) is 107 cm³/mol. The fourth-order valence-electron chi connectivity index (χ4n) is 2.69. The number of aryl methyl sites for hydroxylation is 1. The maximum Gasteiger partial charge on any atom is 0.307 e. The van der Waals surface area contributed by atoms with Gasteiger partial charge in [0, 0.05) is 49.3 Å². The molecule has 0 saturated carbocycles. The van der Waals surface area contributed by atoms with Gasteiger partial charge >= 0.3 is 5.97 Å². The molecule has 1 amide bonds. The van der Waals surface area contributed by atoms with Crippen molar-refractivity contribution in [3.63, 3.8) is 0 Å². The Morgan fingerprint density at radius 2 is 2.14 bits per heavy atom. The van der Waals surface area contributed by atoms with Crippen LogP contribution in [0.25, 0.3) is 11.5 Å². The summed E-state index contributed by atoms with van der Waals surface area (Å²) in [6.45, 7) is 2.72. The minimum Gasteiger partial charge on any atom is -0.466 e. The highest BCUT2D eigenvalue weighted by molar-refractivity contribution is 7.08. The third kappa shape index (κ3) is 6.21. The second-order valence-electron chi connectivity index (χ2n) is 6.24. The Bertz CT molecular complexity index is 912. The van der Waals surface area contributed by atoms with Gasteiger partial charge in [-0.3, -0.25) is 14.6 Å². The van der Waals surface area contributed by atoms with E-state index >= 15 is 0 Å². The first-order chi connectivity index (χ1) is 14.2. The summed E-state index contributed by atoms with van der Waals surface area (Å²) in [5.74, 6) is 0.428. The molecule has 3 heterocycles. The lowest BCUT2D eigenvalue weighted by Gasteiger charge is -2.22. The Hall–Kier alpha value is -3.07. The molecular weight excluding hydrogens is 392 g/mol. The zero-order valence-corrected chi connectivity index (χ0v) is 16.9. The Morgan fingerprint density at radius 1 is 1.24 bits per heavy atom. The predicted octanol–water partition coefficient (Wildman–Crippen LogP) is 3.11. The van der Waals surface area contributed by atoms with Crippen molar-refractivity contribution < 1.29 is 18.7 Å². The molecule has 8 nitrogen and oxygen atoms in total. The SMILES string of the molecule is CCOC(=O)CCN(Cc1cccnc1)C(=O)CCc1nnc(-c2ccsc2)o1. The second kappa shape index (κ2) is 10.5. The lowest BCUT2D eigenvalue weighted by atomic mass is 10.2. The molecule has 0 radical (unpaired) electrons. The first-order valence-electron chi connectivity index (χ1n) is 9.33. The molecule has 0 aliphatic heterocycles. The number of nitrogens with zero attached hydrogens (tertiary/aromatic N) is 4. The van der Waals surface area contributed by atoms with Gasteiger partial charge in [0.2, 0.25) is 17.7 Å². The number of ether oxygens (including phenoxy) is 1. The molecule has 0 atom stereocenters. The molecule has 3 rings (SSSR count). The lowest BCUT2D eigenvalue weighted by molar-refractivity contribution is -0.144. The van der Waals surface area contributed by atoms with Gasteiger partial charge in [0.15, 0.2) is 0 Å². The molecule has 29 heavy (non-hydrogen) atoms. The largest absolute Gasteiger partial charge is 0.466 e. The zero-order chi connectivity index (χ0) is 20.5. The fourth-order valence-corrected chi connectivity index (χ4v) is 3.32. The van der Waals surface area contributed by atoms with Gasteiger partial charge in [0.1, 0.15) is 0 Å². The number of esters is 1. The van der Waals surface area contributed by atoms with E-state index in [0.29, 0.717) is 31.4 Å². The summed E-state index contributed by atoms with van der Waals surface area (Å²) in [6.07, 6.45) is 4.06. The smallest absolute Gasteiger partial charge is 0.307 e. The summed E-state index contributed by atoms with van der Waals surface area (Å²) in [5, 5.41) is 11.9. The number of pyridine rings is 1. The van der Waals surface area contributed by atoms with Crippen LogP contribution < -0.4 is 0 Å². The van der Waals surface area contributed by atoms with Crippen LogP contribution in [0.3, 0.4) is 0 Å². The van der Waals surface area contributed by atoms with Gasteiger partial charge in [-0.15, -0.1) is 10.2 Å². The van der Waals surface area contributed by atoms with Gasteiger partial charge in [0.05, 0.1) is 13.0 Å². The maximum absolute atomic E-state index is 12.8. The van der Waals surface area contributed by atoms with Crippen LogP contribution in [-0.4, -0.2) is 45.1 Å². The van der Waals surface area contributed by atoms with Gasteiger partial charge < -0.3 is 14.1 Å². The van der Waals surface area contributed by atoms with E-state index in [-0.39, 0.29) is 31.3 Å². The average molecular weight is 414 g/mol. The molecule has 3 aromatic rings. The van der Waals surface area contributed by atoms with E-state index in [0.717, 1.165) is 11.1 Å². The summed E-state index contributed by atoms with van der Waals surface area (Å²) >= 11 is 1.55. The number of hydrogen-bond acceptors (Lipinski definition) is 8. The number of thiophene rings is 1. The van der Waals surface area contributed by atoms with Crippen LogP contribution in [0.5, 0.6) is 0 Å². The molecule has 0 unspecified atom stereocenters. The van der Waals surface area contributed by atoms with Crippen LogP contribution in [0.4, 0.5) is 0 Å². The summed E-state index contributed by atoms with van der Waals surface area (Å²) in [4.78, 5) is 30.2. The Labute approximate surface area is 172 Å². The monoisotopic (exact) mass is 414 g/mol. The Balaban J connectivity index is 1.60. The topological polar surface area (TPSA) is 98.4 Å². The van der Waals surface area contributed by atoms with Crippen molar-refractivity contribution in [2.24, 2.45) is 0 Å². The van der Waals surface area contributed by atoms with Crippen molar-refractivity contribution in [1.29, 1.82) is 0 Å². The van der Waals surface area contributed by atoms with Crippen LogP contribution in [0.1, 0.15) is 31.2 Å². The number of hydrogen-bond donors (Lipinski definition) is 0. The van der Waals surface area contributed by atoms with Crippen LogP contribution in [-0.2, 0) is 27.3 Å². The number of carbonyl (C=O) groups is 2. The molecule has 0 spiro atoms. The molecule has 0 aliphatic carbocycles. The van der Waals surface area contributed by atoms with Gasteiger partial charge in [0.25, 0.3) is 0 Å². The maximum atomic E-state index is 12.8. The van der Waals surface area contributed by atoms with Crippen molar-refractivity contribution >= 4 is 23.2 Å². The molecule has 0 aromatic carbocycles. The van der Waals surface area contributed by atoms with Gasteiger partial charge in [-0.1, -0.05) is 6.07 Å². The van der Waals surface area contributed by atoms with E-state index in [1.807, 2.05) is 29.0 Å². The molecule has 0 aliphatic rings. The Morgan fingerprint density at radius 3 is 2.86 bits per heavy atom. The first kappa shape index (κ1) is 20.7. The number of rotatable bonds is 10. The molecule has 9 heteroatoms. The van der Waals surface area contributed by atoms with Gasteiger partial charge in [-0.05, 0) is 30.0 Å². The summed E-state index contributed by atoms with van der Waals surface area (Å²) in [5.41, 5.74) is 1.76. The molecule has 0 fully saturated rings. The van der Waals surface area contributed by atoms with E-state index in [9.17, 15) is 9.59 Å². The van der Waals surface area contributed by atoms with E-state index < -0.39 is 0 Å². The third-order valence-electron chi connectivity index (χ3n) is 4.13. The highest BCUT2D eigenvalue weighted by Crippen LogP contribution is 2.21. The van der Waals surface area contributed by atoms with Gasteiger partial charge in [-0.25, -0.2) is 0 Å². The number of amides is 1. The minimum atomic E-state index is -0.325. The highest BCUT2D eigenvalue weighted by Gasteiger charge is 2.18. The van der Waals surface area contributed by atoms with Gasteiger partial charge in [-0.2, -0.15) is 11.3 Å². The van der Waals surface area contributed by atoms with E-state index in [1.165, 1.54) is 0 Å². The van der Waals surface area contributed by atoms with Crippen LogP contribution in [0.15, 0.2) is 45.8 Å².